The molecule has 6 heteroatoms. The summed E-state index contributed by atoms with van der Waals surface area (Å²) in [7, 11) is 0. The Balaban J connectivity index is 2.12. The van der Waals surface area contributed by atoms with E-state index in [2.05, 4.69) is 9.88 Å². The van der Waals surface area contributed by atoms with Crippen molar-refractivity contribution in [1.29, 1.82) is 0 Å². The predicted molar refractivity (Wildman–Crippen MR) is 80.7 cm³/mol. The molecule has 1 aliphatic rings. The largest absolute Gasteiger partial charge is 0.329 e. The van der Waals surface area contributed by atoms with Crippen LogP contribution in [0.5, 0.6) is 0 Å². The molecule has 2 rings (SSSR count). The van der Waals surface area contributed by atoms with E-state index in [1.165, 1.54) is 17.4 Å². The van der Waals surface area contributed by atoms with Gasteiger partial charge in [0.2, 0.25) is 0 Å². The summed E-state index contributed by atoms with van der Waals surface area (Å²) in [4.78, 5) is 29.1. The fourth-order valence-electron chi connectivity index (χ4n) is 2.72. The average Bonchev–Trinajstić information content (AvgIpc) is 2.85. The number of nitrogens with one attached hydrogen (secondary N) is 1. The summed E-state index contributed by atoms with van der Waals surface area (Å²) < 4.78 is 1.28. The number of aromatic nitrogens is 2. The summed E-state index contributed by atoms with van der Waals surface area (Å²) >= 11 is 5.96. The Morgan fingerprint density at radius 3 is 2.45 bits per heavy atom. The lowest BCUT2D eigenvalue weighted by Crippen LogP contribution is -2.38. The molecule has 0 spiro atoms. The van der Waals surface area contributed by atoms with E-state index >= 15 is 0 Å². The minimum atomic E-state index is -0.411. The lowest BCUT2D eigenvalue weighted by Gasteiger charge is -2.15. The molecule has 0 radical (unpaired) electrons. The summed E-state index contributed by atoms with van der Waals surface area (Å²) in [5.41, 5.74) is -0.173. The van der Waals surface area contributed by atoms with Crippen molar-refractivity contribution in [2.45, 2.75) is 45.6 Å². The van der Waals surface area contributed by atoms with Crippen LogP contribution in [0.2, 0.25) is 5.15 Å². The van der Waals surface area contributed by atoms with Gasteiger partial charge in [-0.2, -0.15) is 0 Å². The highest BCUT2D eigenvalue weighted by molar-refractivity contribution is 6.30. The Labute approximate surface area is 123 Å². The molecule has 1 N–H and O–H groups in total. The van der Waals surface area contributed by atoms with Gasteiger partial charge in [-0.15, -0.1) is 0 Å². The van der Waals surface area contributed by atoms with Crippen LogP contribution in [0.3, 0.4) is 0 Å². The number of hydrogen-bond acceptors (Lipinski definition) is 3. The Hall–Kier alpha value is -1.07. The molecular formula is C14H22ClN3O2. The Morgan fingerprint density at radius 1 is 1.20 bits per heavy atom. The smallest absolute Gasteiger partial charge is 0.303 e. The molecule has 20 heavy (non-hydrogen) atoms. The molecule has 0 amide bonds. The Bertz CT molecular complexity index is 571. The highest BCUT2D eigenvalue weighted by atomic mass is 35.5. The first kappa shape index (κ1) is 15.3. The molecule has 0 unspecified atom stereocenters. The van der Waals surface area contributed by atoms with Crippen LogP contribution in [0.4, 0.5) is 0 Å². The molecule has 2 heterocycles. The van der Waals surface area contributed by atoms with Crippen LogP contribution < -0.4 is 11.2 Å². The predicted octanol–water partition coefficient (Wildman–Crippen LogP) is 1.80. The highest BCUT2D eigenvalue weighted by Gasteiger charge is 2.16. The van der Waals surface area contributed by atoms with Crippen molar-refractivity contribution in [2.24, 2.45) is 0 Å². The molecule has 1 aliphatic heterocycles. The van der Waals surface area contributed by atoms with E-state index in [1.807, 2.05) is 13.8 Å². The average molecular weight is 300 g/mol. The zero-order valence-electron chi connectivity index (χ0n) is 12.1. The van der Waals surface area contributed by atoms with Crippen LogP contribution >= 0.6 is 11.6 Å². The summed E-state index contributed by atoms with van der Waals surface area (Å²) in [6, 6.07) is 0. The Kier molecular flexibility index (Phi) is 5.05. The molecule has 112 valence electrons. The number of likely N-dealkylation sites (tertiary alicyclic amines) is 1. The normalized spacial score (nSPS) is 16.2. The number of halogens is 1. The molecule has 5 nitrogen and oxygen atoms in total. The Morgan fingerprint density at radius 2 is 1.85 bits per heavy atom. The van der Waals surface area contributed by atoms with Crippen LogP contribution in [-0.4, -0.2) is 34.1 Å². The van der Waals surface area contributed by atoms with E-state index in [0.717, 1.165) is 26.1 Å². The van der Waals surface area contributed by atoms with Crippen LogP contribution in [0.1, 0.15) is 44.6 Å². The molecule has 1 fully saturated rings. The van der Waals surface area contributed by atoms with Crippen LogP contribution in [-0.2, 0) is 6.54 Å². The number of H-pyrrole nitrogens is 1. The standard InChI is InChI=1S/C14H22ClN3O2/c1-10(2)11-12(15)16-14(20)18(13(11)19)9-5-8-17-6-3-4-7-17/h10H,3-9H2,1-2H3,(H,16,20). The third-order valence-corrected chi connectivity index (χ3v) is 4.10. The van der Waals surface area contributed by atoms with Crippen molar-refractivity contribution in [3.8, 4) is 0 Å². The SMILES string of the molecule is CC(C)c1c(Cl)[nH]c(=O)n(CCCN2CCCC2)c1=O. The zero-order chi connectivity index (χ0) is 14.7. The van der Waals surface area contributed by atoms with Gasteiger partial charge in [-0.25, -0.2) is 4.79 Å². The van der Waals surface area contributed by atoms with E-state index in [0.29, 0.717) is 12.1 Å². The first-order valence-corrected chi connectivity index (χ1v) is 7.63. The van der Waals surface area contributed by atoms with E-state index in [1.54, 1.807) is 0 Å². The number of hydrogen-bond donors (Lipinski definition) is 1. The maximum atomic E-state index is 12.3. The van der Waals surface area contributed by atoms with Crippen LogP contribution in [0.15, 0.2) is 9.59 Å². The summed E-state index contributed by atoms with van der Waals surface area (Å²) in [6.45, 7) is 7.43. The third kappa shape index (κ3) is 3.33. The molecule has 0 aromatic carbocycles. The second-order valence-electron chi connectivity index (χ2n) is 5.67. The van der Waals surface area contributed by atoms with Gasteiger partial charge in [0.05, 0.1) is 5.56 Å². The first-order chi connectivity index (χ1) is 9.50. The van der Waals surface area contributed by atoms with Gasteiger partial charge in [0.1, 0.15) is 5.15 Å². The van der Waals surface area contributed by atoms with Gasteiger partial charge in [-0.05, 0) is 44.8 Å². The molecule has 0 atom stereocenters. The van der Waals surface area contributed by atoms with Gasteiger partial charge in [0.15, 0.2) is 0 Å². The molecule has 1 aromatic heterocycles. The quantitative estimate of drug-likeness (QED) is 0.844. The minimum Gasteiger partial charge on any atom is -0.303 e. The lowest BCUT2D eigenvalue weighted by molar-refractivity contribution is 0.323. The van der Waals surface area contributed by atoms with Gasteiger partial charge in [-0.3, -0.25) is 14.3 Å². The van der Waals surface area contributed by atoms with Crippen LogP contribution in [0, 0.1) is 0 Å². The number of aromatic amines is 1. The molecule has 0 bridgehead atoms. The topological polar surface area (TPSA) is 58.1 Å². The van der Waals surface area contributed by atoms with Crippen LogP contribution in [0.25, 0.3) is 0 Å². The lowest BCUT2D eigenvalue weighted by atomic mass is 10.1. The maximum absolute atomic E-state index is 12.3. The van der Waals surface area contributed by atoms with Crippen molar-refractivity contribution in [3.05, 3.63) is 31.6 Å². The zero-order valence-corrected chi connectivity index (χ0v) is 12.9. The maximum Gasteiger partial charge on any atom is 0.329 e. The fraction of sp³-hybridized carbons (Fsp3) is 0.714. The van der Waals surface area contributed by atoms with Gasteiger partial charge in [-0.1, -0.05) is 25.4 Å². The van der Waals surface area contributed by atoms with Gasteiger partial charge in [0, 0.05) is 6.54 Å². The third-order valence-electron chi connectivity index (χ3n) is 3.81. The minimum absolute atomic E-state index is 0.00307. The van der Waals surface area contributed by atoms with E-state index in [-0.39, 0.29) is 16.6 Å². The van der Waals surface area contributed by atoms with E-state index in [9.17, 15) is 9.59 Å². The van der Waals surface area contributed by atoms with Crippen molar-refractivity contribution in [3.63, 3.8) is 0 Å². The highest BCUT2D eigenvalue weighted by Crippen LogP contribution is 2.16. The number of nitrogens with zero attached hydrogens (tertiary/aromatic N) is 2. The van der Waals surface area contributed by atoms with Crippen molar-refractivity contribution in [1.82, 2.24) is 14.5 Å². The van der Waals surface area contributed by atoms with Crippen molar-refractivity contribution in [2.75, 3.05) is 19.6 Å². The summed E-state index contributed by atoms with van der Waals surface area (Å²) in [5.74, 6) is -0.00307. The summed E-state index contributed by atoms with van der Waals surface area (Å²) in [5, 5.41) is 0.172. The molecule has 0 saturated carbocycles. The molecule has 0 aliphatic carbocycles. The van der Waals surface area contributed by atoms with Gasteiger partial charge in [0.25, 0.3) is 5.56 Å². The van der Waals surface area contributed by atoms with E-state index in [4.69, 9.17) is 11.6 Å². The molecule has 1 aromatic rings. The summed E-state index contributed by atoms with van der Waals surface area (Å²) in [6.07, 6.45) is 3.31. The second kappa shape index (κ2) is 6.59. The van der Waals surface area contributed by atoms with Crippen molar-refractivity contribution < 1.29 is 0 Å². The molecular weight excluding hydrogens is 278 g/mol. The van der Waals surface area contributed by atoms with Crippen molar-refractivity contribution >= 4 is 11.6 Å². The number of rotatable bonds is 5. The van der Waals surface area contributed by atoms with Gasteiger partial charge < -0.3 is 4.90 Å². The monoisotopic (exact) mass is 299 g/mol. The van der Waals surface area contributed by atoms with E-state index < -0.39 is 5.69 Å². The molecule has 1 saturated heterocycles. The van der Waals surface area contributed by atoms with Gasteiger partial charge >= 0.3 is 5.69 Å². The second-order valence-corrected chi connectivity index (χ2v) is 6.05. The fourth-order valence-corrected chi connectivity index (χ4v) is 3.10. The first-order valence-electron chi connectivity index (χ1n) is 7.25.